The third-order valence-electron chi connectivity index (χ3n) is 2.90. The number of aryl methyl sites for hydroxylation is 1. The Labute approximate surface area is 105 Å². The molecular formula is C12H17NO3S. The van der Waals surface area contributed by atoms with Crippen molar-refractivity contribution in [1.29, 1.82) is 0 Å². The Bertz CT molecular complexity index is 372. The van der Waals surface area contributed by atoms with E-state index in [1.807, 2.05) is 6.20 Å². The van der Waals surface area contributed by atoms with Crippen molar-refractivity contribution in [2.75, 3.05) is 13.2 Å². The maximum absolute atomic E-state index is 10.5. The smallest absolute Gasteiger partial charge is 0.303 e. The first kappa shape index (κ1) is 12.5. The molecule has 0 radical (unpaired) electrons. The summed E-state index contributed by atoms with van der Waals surface area (Å²) in [7, 11) is 0. The van der Waals surface area contributed by atoms with Crippen LogP contribution in [0.3, 0.4) is 0 Å². The van der Waals surface area contributed by atoms with Gasteiger partial charge in [-0.1, -0.05) is 0 Å². The molecular weight excluding hydrogens is 238 g/mol. The van der Waals surface area contributed by atoms with Gasteiger partial charge in [-0.2, -0.15) is 0 Å². The van der Waals surface area contributed by atoms with E-state index < -0.39 is 5.97 Å². The van der Waals surface area contributed by atoms with Crippen LogP contribution >= 0.6 is 11.3 Å². The molecule has 0 aliphatic carbocycles. The molecule has 0 bridgehead atoms. The van der Waals surface area contributed by atoms with E-state index in [0.717, 1.165) is 35.9 Å². The zero-order valence-electron chi connectivity index (χ0n) is 9.72. The molecule has 1 saturated heterocycles. The quantitative estimate of drug-likeness (QED) is 0.875. The number of hydrogen-bond donors (Lipinski definition) is 1. The van der Waals surface area contributed by atoms with Crippen LogP contribution in [0, 0.1) is 5.92 Å². The van der Waals surface area contributed by atoms with Crippen molar-refractivity contribution in [1.82, 2.24) is 4.98 Å². The van der Waals surface area contributed by atoms with Crippen molar-refractivity contribution in [2.45, 2.75) is 32.1 Å². The molecule has 1 atom stereocenters. The third-order valence-corrected chi connectivity index (χ3v) is 3.98. The zero-order chi connectivity index (χ0) is 12.1. The summed E-state index contributed by atoms with van der Waals surface area (Å²) >= 11 is 1.64. The van der Waals surface area contributed by atoms with Gasteiger partial charge in [-0.25, -0.2) is 4.98 Å². The van der Waals surface area contributed by atoms with Gasteiger partial charge in [0.05, 0.1) is 11.4 Å². The fourth-order valence-electron chi connectivity index (χ4n) is 2.00. The molecule has 1 unspecified atom stereocenters. The molecule has 1 aromatic heterocycles. The highest BCUT2D eigenvalue weighted by Gasteiger charge is 2.16. The first-order valence-electron chi connectivity index (χ1n) is 5.97. The van der Waals surface area contributed by atoms with E-state index in [-0.39, 0.29) is 6.42 Å². The van der Waals surface area contributed by atoms with Gasteiger partial charge in [0.2, 0.25) is 0 Å². The van der Waals surface area contributed by atoms with E-state index in [0.29, 0.717) is 12.3 Å². The van der Waals surface area contributed by atoms with Gasteiger partial charge in [-0.3, -0.25) is 4.79 Å². The molecule has 0 spiro atoms. The summed E-state index contributed by atoms with van der Waals surface area (Å²) in [5.41, 5.74) is 0. The van der Waals surface area contributed by atoms with E-state index in [9.17, 15) is 4.79 Å². The van der Waals surface area contributed by atoms with Crippen LogP contribution in [-0.2, 0) is 22.4 Å². The Kier molecular flexibility index (Phi) is 4.50. The molecule has 4 nitrogen and oxygen atoms in total. The molecule has 94 valence electrons. The number of aromatic nitrogens is 1. The van der Waals surface area contributed by atoms with Gasteiger partial charge >= 0.3 is 5.97 Å². The Balaban J connectivity index is 1.82. The van der Waals surface area contributed by atoms with Crippen LogP contribution in [0.1, 0.15) is 29.1 Å². The molecule has 5 heteroatoms. The molecule has 0 saturated carbocycles. The van der Waals surface area contributed by atoms with Crippen LogP contribution in [0.4, 0.5) is 0 Å². The van der Waals surface area contributed by atoms with E-state index >= 15 is 0 Å². The summed E-state index contributed by atoms with van der Waals surface area (Å²) in [6.07, 6.45) is 5.92. The number of carboxylic acid groups (broad SMARTS) is 1. The lowest BCUT2D eigenvalue weighted by molar-refractivity contribution is -0.136. The third kappa shape index (κ3) is 4.09. The highest BCUT2D eigenvalue weighted by Crippen LogP contribution is 2.22. The zero-order valence-corrected chi connectivity index (χ0v) is 10.5. The molecule has 1 N–H and O–H groups in total. The monoisotopic (exact) mass is 255 g/mol. The van der Waals surface area contributed by atoms with Crippen LogP contribution in [0.2, 0.25) is 0 Å². The molecule has 1 aliphatic rings. The molecule has 1 aliphatic heterocycles. The summed E-state index contributed by atoms with van der Waals surface area (Å²) < 4.78 is 5.44. The standard InChI is InChI=1S/C12H17NO3S/c14-12(15)4-3-10-7-13-11(17-10)6-9-2-1-5-16-8-9/h7,9H,1-6,8H2,(H,14,15). The molecule has 17 heavy (non-hydrogen) atoms. The molecule has 2 rings (SSSR count). The van der Waals surface area contributed by atoms with Crippen LogP contribution in [0.5, 0.6) is 0 Å². The summed E-state index contributed by atoms with van der Waals surface area (Å²) in [5.74, 6) is -0.164. The number of rotatable bonds is 5. The highest BCUT2D eigenvalue weighted by atomic mass is 32.1. The first-order valence-corrected chi connectivity index (χ1v) is 6.79. The van der Waals surface area contributed by atoms with Crippen molar-refractivity contribution in [3.8, 4) is 0 Å². The Hall–Kier alpha value is -0.940. The predicted molar refractivity (Wildman–Crippen MR) is 65.3 cm³/mol. The fraction of sp³-hybridized carbons (Fsp3) is 0.667. The van der Waals surface area contributed by atoms with Gasteiger partial charge in [-0.05, 0) is 25.2 Å². The normalized spacial score (nSPS) is 20.4. The lowest BCUT2D eigenvalue weighted by Gasteiger charge is -2.20. The largest absolute Gasteiger partial charge is 0.481 e. The number of carbonyl (C=O) groups is 1. The maximum Gasteiger partial charge on any atom is 0.303 e. The van der Waals surface area contributed by atoms with Gasteiger partial charge in [-0.15, -0.1) is 11.3 Å². The van der Waals surface area contributed by atoms with Gasteiger partial charge < -0.3 is 9.84 Å². The second kappa shape index (κ2) is 6.12. The Morgan fingerprint density at radius 3 is 3.24 bits per heavy atom. The predicted octanol–water partition coefficient (Wildman–Crippen LogP) is 2.13. The van der Waals surface area contributed by atoms with E-state index in [4.69, 9.17) is 9.84 Å². The number of aliphatic carboxylic acids is 1. The van der Waals surface area contributed by atoms with Crippen molar-refractivity contribution in [3.05, 3.63) is 16.1 Å². The topological polar surface area (TPSA) is 59.4 Å². The lowest BCUT2D eigenvalue weighted by atomic mass is 9.99. The minimum absolute atomic E-state index is 0.189. The van der Waals surface area contributed by atoms with E-state index in [1.165, 1.54) is 6.42 Å². The number of hydrogen-bond acceptors (Lipinski definition) is 4. The number of ether oxygens (including phenoxy) is 1. The van der Waals surface area contributed by atoms with Crippen molar-refractivity contribution >= 4 is 17.3 Å². The minimum Gasteiger partial charge on any atom is -0.481 e. The lowest BCUT2D eigenvalue weighted by Crippen LogP contribution is -2.19. The number of carboxylic acids is 1. The summed E-state index contributed by atoms with van der Waals surface area (Å²) in [6, 6.07) is 0. The first-order chi connectivity index (χ1) is 8.24. The van der Waals surface area contributed by atoms with Gasteiger partial charge in [0.15, 0.2) is 0 Å². The molecule has 0 aromatic carbocycles. The SMILES string of the molecule is O=C(O)CCc1cnc(CC2CCCOC2)s1. The van der Waals surface area contributed by atoms with Gasteiger partial charge in [0, 0.05) is 30.7 Å². The number of nitrogens with zero attached hydrogens (tertiary/aromatic N) is 1. The van der Waals surface area contributed by atoms with Crippen molar-refractivity contribution in [3.63, 3.8) is 0 Å². The van der Waals surface area contributed by atoms with Crippen LogP contribution < -0.4 is 0 Å². The van der Waals surface area contributed by atoms with Crippen LogP contribution in [0.15, 0.2) is 6.20 Å². The second-order valence-electron chi connectivity index (χ2n) is 4.40. The summed E-state index contributed by atoms with van der Waals surface area (Å²) in [6.45, 7) is 1.72. The molecule has 1 aromatic rings. The fourth-order valence-corrected chi connectivity index (χ4v) is 3.04. The van der Waals surface area contributed by atoms with Crippen molar-refractivity contribution < 1.29 is 14.6 Å². The Morgan fingerprint density at radius 1 is 1.65 bits per heavy atom. The molecule has 2 heterocycles. The summed E-state index contributed by atoms with van der Waals surface area (Å²) in [5, 5.41) is 9.72. The molecule has 0 amide bonds. The van der Waals surface area contributed by atoms with E-state index in [1.54, 1.807) is 11.3 Å². The average Bonchev–Trinajstić information content (AvgIpc) is 2.75. The maximum atomic E-state index is 10.5. The second-order valence-corrected chi connectivity index (χ2v) is 5.60. The van der Waals surface area contributed by atoms with Gasteiger partial charge in [0.1, 0.15) is 0 Å². The Morgan fingerprint density at radius 2 is 2.53 bits per heavy atom. The molecule has 1 fully saturated rings. The minimum atomic E-state index is -0.749. The average molecular weight is 255 g/mol. The summed E-state index contributed by atoms with van der Waals surface area (Å²) in [4.78, 5) is 15.9. The van der Waals surface area contributed by atoms with Crippen LogP contribution in [-0.4, -0.2) is 29.3 Å². The van der Waals surface area contributed by atoms with Gasteiger partial charge in [0.25, 0.3) is 0 Å². The highest BCUT2D eigenvalue weighted by molar-refractivity contribution is 7.11. The number of thiazole rings is 1. The van der Waals surface area contributed by atoms with Crippen molar-refractivity contribution in [2.24, 2.45) is 5.92 Å². The van der Waals surface area contributed by atoms with Crippen LogP contribution in [0.25, 0.3) is 0 Å². The van der Waals surface area contributed by atoms with E-state index in [2.05, 4.69) is 4.98 Å².